The molecule has 1 atom stereocenters. The Morgan fingerprint density at radius 3 is 2.41 bits per heavy atom. The smallest absolute Gasteiger partial charge is 0.228 e. The average Bonchev–Trinajstić information content (AvgIpc) is 2.86. The molecule has 1 aromatic carbocycles. The summed E-state index contributed by atoms with van der Waals surface area (Å²) in [4.78, 5) is 21.8. The zero-order valence-electron chi connectivity index (χ0n) is 20.7. The number of pyridine rings is 1. The van der Waals surface area contributed by atoms with Crippen LogP contribution >= 0.6 is 0 Å². The molecule has 5 rings (SSSR count). The number of morpholine rings is 1. The summed E-state index contributed by atoms with van der Waals surface area (Å²) in [6.07, 6.45) is 1.88. The van der Waals surface area contributed by atoms with Gasteiger partial charge in [0, 0.05) is 56.6 Å². The summed E-state index contributed by atoms with van der Waals surface area (Å²) in [5.74, 6) is 2.88. The summed E-state index contributed by atoms with van der Waals surface area (Å²) in [6, 6.07) is 13.2. The van der Waals surface area contributed by atoms with Gasteiger partial charge in [-0.25, -0.2) is 9.97 Å². The molecular weight excluding hydrogens is 424 g/mol. The normalized spacial score (nSPS) is 18.9. The van der Waals surface area contributed by atoms with Crippen molar-refractivity contribution in [1.29, 1.82) is 0 Å². The third-order valence-electron chi connectivity index (χ3n) is 7.00. The Labute approximate surface area is 202 Å². The van der Waals surface area contributed by atoms with Gasteiger partial charge in [0.1, 0.15) is 11.6 Å². The van der Waals surface area contributed by atoms with Crippen LogP contribution in [-0.4, -0.2) is 66.9 Å². The van der Waals surface area contributed by atoms with Gasteiger partial charge in [-0.15, -0.1) is 0 Å². The number of aromatic nitrogens is 3. The largest absolute Gasteiger partial charge is 0.378 e. The highest BCUT2D eigenvalue weighted by molar-refractivity contribution is 5.67. The molecule has 0 unspecified atom stereocenters. The number of rotatable bonds is 4. The molecule has 0 aliphatic carbocycles. The highest BCUT2D eigenvalue weighted by Gasteiger charge is 2.28. The van der Waals surface area contributed by atoms with Gasteiger partial charge in [-0.05, 0) is 56.5 Å². The van der Waals surface area contributed by atoms with E-state index in [9.17, 15) is 0 Å². The summed E-state index contributed by atoms with van der Waals surface area (Å²) in [5, 5.41) is 0. The number of benzene rings is 1. The van der Waals surface area contributed by atoms with Gasteiger partial charge in [0.05, 0.1) is 18.9 Å². The maximum absolute atomic E-state index is 5.57. The molecule has 2 aliphatic heterocycles. The second-order valence-electron chi connectivity index (χ2n) is 9.44. The summed E-state index contributed by atoms with van der Waals surface area (Å²) >= 11 is 0. The van der Waals surface area contributed by atoms with E-state index in [4.69, 9.17) is 14.7 Å². The molecule has 2 aliphatic rings. The molecule has 2 aromatic heterocycles. The first-order chi connectivity index (χ1) is 16.5. The van der Waals surface area contributed by atoms with Crippen molar-refractivity contribution >= 4 is 17.6 Å². The van der Waals surface area contributed by atoms with E-state index in [2.05, 4.69) is 77.7 Å². The zero-order chi connectivity index (χ0) is 23.7. The maximum Gasteiger partial charge on any atom is 0.228 e. The standard InChI is InChI=1S/C27H34N6O/c1-19-7-8-23(16-21(19)3)24-17-25(30-27(29-24)31-12-14-34-15-13-31)33-11-10-32(18-22(33)4)26-20(2)6-5-9-28-26/h5-9,16-17,22H,10-15,18H2,1-4H3/t22-/m1/s1. The molecule has 0 bridgehead atoms. The van der Waals surface area contributed by atoms with Crippen LogP contribution in [0.2, 0.25) is 0 Å². The lowest BCUT2D eigenvalue weighted by atomic mass is 10.0. The van der Waals surface area contributed by atoms with Crippen LogP contribution in [-0.2, 0) is 4.74 Å². The fraction of sp³-hybridized carbons (Fsp3) is 0.444. The quantitative estimate of drug-likeness (QED) is 0.585. The highest BCUT2D eigenvalue weighted by atomic mass is 16.5. The first-order valence-corrected chi connectivity index (χ1v) is 12.2. The number of hydrogen-bond acceptors (Lipinski definition) is 7. The third-order valence-corrected chi connectivity index (χ3v) is 7.00. The predicted octanol–water partition coefficient (Wildman–Crippen LogP) is 4.02. The minimum absolute atomic E-state index is 0.301. The molecule has 34 heavy (non-hydrogen) atoms. The van der Waals surface area contributed by atoms with Crippen molar-refractivity contribution in [2.24, 2.45) is 0 Å². The van der Waals surface area contributed by atoms with Gasteiger partial charge in [0.15, 0.2) is 0 Å². The summed E-state index contributed by atoms with van der Waals surface area (Å²) in [5.41, 5.74) is 5.90. The van der Waals surface area contributed by atoms with Crippen LogP contribution < -0.4 is 14.7 Å². The average molecular weight is 459 g/mol. The van der Waals surface area contributed by atoms with Gasteiger partial charge in [-0.2, -0.15) is 4.98 Å². The van der Waals surface area contributed by atoms with Gasteiger partial charge in [0.2, 0.25) is 5.95 Å². The molecule has 178 valence electrons. The Morgan fingerprint density at radius 2 is 1.68 bits per heavy atom. The van der Waals surface area contributed by atoms with E-state index in [1.54, 1.807) is 0 Å². The Bertz CT molecular complexity index is 1160. The molecule has 4 heterocycles. The molecule has 2 saturated heterocycles. The van der Waals surface area contributed by atoms with E-state index >= 15 is 0 Å². The summed E-state index contributed by atoms with van der Waals surface area (Å²) in [6.45, 7) is 14.5. The van der Waals surface area contributed by atoms with Gasteiger partial charge < -0.3 is 19.4 Å². The minimum atomic E-state index is 0.301. The van der Waals surface area contributed by atoms with Crippen LogP contribution in [0.3, 0.4) is 0 Å². The number of aryl methyl sites for hydroxylation is 3. The van der Waals surface area contributed by atoms with E-state index in [1.807, 2.05) is 12.3 Å². The second kappa shape index (κ2) is 9.58. The molecule has 7 nitrogen and oxygen atoms in total. The fourth-order valence-electron chi connectivity index (χ4n) is 4.82. The molecule has 3 aromatic rings. The number of ether oxygens (including phenoxy) is 1. The summed E-state index contributed by atoms with van der Waals surface area (Å²) < 4.78 is 5.57. The van der Waals surface area contributed by atoms with Crippen LogP contribution in [0.25, 0.3) is 11.3 Å². The first kappa shape index (κ1) is 22.6. The molecule has 0 N–H and O–H groups in total. The van der Waals surface area contributed by atoms with Gasteiger partial charge in [0.25, 0.3) is 0 Å². The number of hydrogen-bond donors (Lipinski definition) is 0. The van der Waals surface area contributed by atoms with Crippen molar-refractivity contribution in [3.8, 4) is 11.3 Å². The van der Waals surface area contributed by atoms with Crippen LogP contribution in [0.5, 0.6) is 0 Å². The predicted molar refractivity (Wildman–Crippen MR) is 138 cm³/mol. The molecule has 0 saturated carbocycles. The minimum Gasteiger partial charge on any atom is -0.378 e. The van der Waals surface area contributed by atoms with Gasteiger partial charge >= 0.3 is 0 Å². The SMILES string of the molecule is Cc1ccc(-c2cc(N3CCN(c4ncccc4C)C[C@H]3C)nc(N3CCOCC3)n2)cc1C. The Kier molecular flexibility index (Phi) is 6.37. The van der Waals surface area contributed by atoms with Crippen molar-refractivity contribution in [2.75, 3.05) is 60.6 Å². The van der Waals surface area contributed by atoms with Crippen molar-refractivity contribution in [2.45, 2.75) is 33.7 Å². The summed E-state index contributed by atoms with van der Waals surface area (Å²) in [7, 11) is 0. The molecule has 2 fully saturated rings. The third kappa shape index (κ3) is 4.57. The first-order valence-electron chi connectivity index (χ1n) is 12.2. The zero-order valence-corrected chi connectivity index (χ0v) is 20.7. The molecule has 0 amide bonds. The Balaban J connectivity index is 1.47. The maximum atomic E-state index is 5.57. The number of anilines is 3. The van der Waals surface area contributed by atoms with E-state index in [0.717, 1.165) is 61.6 Å². The van der Waals surface area contributed by atoms with Crippen molar-refractivity contribution in [3.05, 3.63) is 59.3 Å². The van der Waals surface area contributed by atoms with Gasteiger partial charge in [-0.3, -0.25) is 0 Å². The highest BCUT2D eigenvalue weighted by Crippen LogP contribution is 2.30. The Morgan fingerprint density at radius 1 is 0.853 bits per heavy atom. The van der Waals surface area contributed by atoms with Crippen molar-refractivity contribution in [1.82, 2.24) is 15.0 Å². The van der Waals surface area contributed by atoms with Crippen LogP contribution in [0.1, 0.15) is 23.6 Å². The van der Waals surface area contributed by atoms with E-state index in [-0.39, 0.29) is 0 Å². The van der Waals surface area contributed by atoms with Crippen molar-refractivity contribution < 1.29 is 4.74 Å². The Hall–Kier alpha value is -3.19. The second-order valence-corrected chi connectivity index (χ2v) is 9.44. The van der Waals surface area contributed by atoms with Gasteiger partial charge in [-0.1, -0.05) is 18.2 Å². The number of piperazine rings is 1. The lowest BCUT2D eigenvalue weighted by Crippen LogP contribution is -2.53. The topological polar surface area (TPSA) is 57.6 Å². The monoisotopic (exact) mass is 458 g/mol. The van der Waals surface area contributed by atoms with Crippen LogP contribution in [0.15, 0.2) is 42.6 Å². The molecule has 7 heteroatoms. The lowest BCUT2D eigenvalue weighted by Gasteiger charge is -2.41. The molecular formula is C27H34N6O. The van der Waals surface area contributed by atoms with E-state index in [1.165, 1.54) is 16.7 Å². The van der Waals surface area contributed by atoms with E-state index < -0.39 is 0 Å². The lowest BCUT2D eigenvalue weighted by molar-refractivity contribution is 0.122. The molecule has 0 spiro atoms. The van der Waals surface area contributed by atoms with Crippen molar-refractivity contribution in [3.63, 3.8) is 0 Å². The number of nitrogens with zero attached hydrogens (tertiary/aromatic N) is 6. The fourth-order valence-corrected chi connectivity index (χ4v) is 4.82. The van der Waals surface area contributed by atoms with Crippen LogP contribution in [0, 0.1) is 20.8 Å². The van der Waals surface area contributed by atoms with Crippen LogP contribution in [0.4, 0.5) is 17.6 Å². The molecule has 0 radical (unpaired) electrons. The van der Waals surface area contributed by atoms with E-state index in [0.29, 0.717) is 19.3 Å².